The van der Waals surface area contributed by atoms with Crippen molar-refractivity contribution >= 4 is 57.8 Å². The van der Waals surface area contributed by atoms with E-state index in [1.807, 2.05) is 24.3 Å². The van der Waals surface area contributed by atoms with Gasteiger partial charge in [0, 0.05) is 33.5 Å². The maximum atomic E-state index is 13.2. The summed E-state index contributed by atoms with van der Waals surface area (Å²) in [6.07, 6.45) is 13.6. The molecule has 2 aliphatic rings. The van der Waals surface area contributed by atoms with Gasteiger partial charge in [0.25, 0.3) is 11.8 Å². The number of benzene rings is 3. The molecule has 2 amide bonds. The summed E-state index contributed by atoms with van der Waals surface area (Å²) >= 11 is 12.6. The molecule has 0 aliphatic heterocycles. The molecule has 0 bridgehead atoms. The van der Waals surface area contributed by atoms with E-state index in [9.17, 15) is 9.59 Å². The monoisotopic (exact) mass is 606 g/mol. The summed E-state index contributed by atoms with van der Waals surface area (Å²) in [6, 6.07) is 18.7. The molecule has 0 unspecified atom stereocenters. The summed E-state index contributed by atoms with van der Waals surface area (Å²) in [5, 5.41) is 14.3. The molecule has 6 nitrogen and oxygen atoms in total. The van der Waals surface area contributed by atoms with Crippen LogP contribution in [0.3, 0.4) is 0 Å². The van der Waals surface area contributed by atoms with Gasteiger partial charge in [-0.3, -0.25) is 9.59 Å². The summed E-state index contributed by atoms with van der Waals surface area (Å²) in [5.74, 6) is -0.176. The van der Waals surface area contributed by atoms with Gasteiger partial charge in [0.15, 0.2) is 0 Å². The van der Waals surface area contributed by atoms with Crippen molar-refractivity contribution in [3.05, 3.63) is 81.8 Å². The topological polar surface area (TPSA) is 82.3 Å². The van der Waals surface area contributed by atoms with E-state index in [0.29, 0.717) is 32.5 Å². The Labute approximate surface area is 259 Å². The van der Waals surface area contributed by atoms with Crippen molar-refractivity contribution in [2.24, 2.45) is 0 Å². The highest BCUT2D eigenvalue weighted by Crippen LogP contribution is 2.29. The van der Waals surface area contributed by atoms with Crippen molar-refractivity contribution in [2.45, 2.75) is 89.1 Å². The number of hydrogen-bond acceptors (Lipinski definition) is 4. The van der Waals surface area contributed by atoms with Gasteiger partial charge in [-0.2, -0.15) is 0 Å². The van der Waals surface area contributed by atoms with Gasteiger partial charge in [-0.1, -0.05) is 74.6 Å². The fourth-order valence-electron chi connectivity index (χ4n) is 5.96. The molecule has 0 saturated heterocycles. The molecule has 4 N–H and O–H groups in total. The second kappa shape index (κ2) is 14.8. The van der Waals surface area contributed by atoms with Crippen molar-refractivity contribution in [3.63, 3.8) is 0 Å². The molecule has 42 heavy (non-hydrogen) atoms. The maximum Gasteiger partial charge on any atom is 0.253 e. The molecule has 2 aliphatic carbocycles. The SMILES string of the molecule is O=C(NC1CCCCCC1)c1ccc(Cl)cc1Nc1ccc(Nc2cc(Cl)ccc2C(=O)NC2CCCCCC2)cc1. The van der Waals surface area contributed by atoms with Crippen LogP contribution in [0.2, 0.25) is 10.0 Å². The first-order valence-corrected chi connectivity index (χ1v) is 16.0. The number of carbonyl (C=O) groups excluding carboxylic acids is 2. The van der Waals surface area contributed by atoms with Gasteiger partial charge in [0.1, 0.15) is 0 Å². The third-order valence-corrected chi connectivity index (χ3v) is 8.75. The number of carbonyl (C=O) groups is 2. The molecule has 0 aromatic heterocycles. The minimum atomic E-state index is -0.0880. The zero-order chi connectivity index (χ0) is 29.3. The van der Waals surface area contributed by atoms with Gasteiger partial charge >= 0.3 is 0 Å². The Hall–Kier alpha value is -3.22. The molecular formula is C34H40Cl2N4O2. The van der Waals surface area contributed by atoms with Crippen LogP contribution in [0.15, 0.2) is 60.7 Å². The van der Waals surface area contributed by atoms with E-state index >= 15 is 0 Å². The maximum absolute atomic E-state index is 13.2. The van der Waals surface area contributed by atoms with E-state index in [1.54, 1.807) is 36.4 Å². The Morgan fingerprint density at radius 2 is 0.881 bits per heavy atom. The van der Waals surface area contributed by atoms with Crippen LogP contribution in [0, 0.1) is 0 Å². The Kier molecular flexibility index (Phi) is 10.7. The average molecular weight is 608 g/mol. The Morgan fingerprint density at radius 3 is 1.24 bits per heavy atom. The number of nitrogens with one attached hydrogen (secondary N) is 4. The molecule has 0 spiro atoms. The lowest BCUT2D eigenvalue weighted by Gasteiger charge is -2.19. The summed E-state index contributed by atoms with van der Waals surface area (Å²) in [6.45, 7) is 0. The van der Waals surface area contributed by atoms with Crippen LogP contribution in [0.5, 0.6) is 0 Å². The van der Waals surface area contributed by atoms with Crippen LogP contribution in [0.4, 0.5) is 22.7 Å². The smallest absolute Gasteiger partial charge is 0.253 e. The third-order valence-electron chi connectivity index (χ3n) is 8.28. The second-order valence-electron chi connectivity index (χ2n) is 11.5. The van der Waals surface area contributed by atoms with Gasteiger partial charge in [0.05, 0.1) is 22.5 Å². The van der Waals surface area contributed by atoms with E-state index in [-0.39, 0.29) is 23.9 Å². The first-order valence-electron chi connectivity index (χ1n) is 15.3. The fraction of sp³-hybridized carbons (Fsp3) is 0.412. The minimum Gasteiger partial charge on any atom is -0.355 e. The van der Waals surface area contributed by atoms with E-state index in [0.717, 1.165) is 62.7 Å². The lowest BCUT2D eigenvalue weighted by Crippen LogP contribution is -2.34. The molecule has 0 radical (unpaired) electrons. The number of amides is 2. The van der Waals surface area contributed by atoms with E-state index in [2.05, 4.69) is 21.3 Å². The standard InChI is InChI=1S/C34H40Cl2N4O2/c35-23-13-19-29(33(41)39-25-9-5-1-2-6-10-25)31(21-23)37-27-15-17-28(18-16-27)38-32-22-24(36)14-20-30(32)34(42)40-26-11-7-3-4-8-12-26/h13-22,25-26,37-38H,1-12H2,(H,39,41)(H,40,42). The number of rotatable bonds is 8. The van der Waals surface area contributed by atoms with Crippen molar-refractivity contribution in [1.82, 2.24) is 10.6 Å². The van der Waals surface area contributed by atoms with Crippen molar-refractivity contribution in [2.75, 3.05) is 10.6 Å². The first-order chi connectivity index (χ1) is 20.4. The highest BCUT2D eigenvalue weighted by molar-refractivity contribution is 6.31. The van der Waals surface area contributed by atoms with Crippen LogP contribution in [-0.4, -0.2) is 23.9 Å². The van der Waals surface area contributed by atoms with Crippen LogP contribution in [0.25, 0.3) is 0 Å². The predicted octanol–water partition coefficient (Wildman–Crippen LogP) is 9.39. The quantitative estimate of drug-likeness (QED) is 0.192. The van der Waals surface area contributed by atoms with Crippen LogP contribution in [-0.2, 0) is 0 Å². The summed E-state index contributed by atoms with van der Waals surface area (Å²) in [7, 11) is 0. The largest absolute Gasteiger partial charge is 0.355 e. The molecular weight excluding hydrogens is 567 g/mol. The van der Waals surface area contributed by atoms with E-state index < -0.39 is 0 Å². The molecule has 5 rings (SSSR count). The molecule has 2 fully saturated rings. The van der Waals surface area contributed by atoms with Crippen LogP contribution >= 0.6 is 23.2 Å². The van der Waals surface area contributed by atoms with Crippen molar-refractivity contribution < 1.29 is 9.59 Å². The predicted molar refractivity (Wildman–Crippen MR) is 174 cm³/mol. The minimum absolute atomic E-state index is 0.0880. The zero-order valence-electron chi connectivity index (χ0n) is 24.0. The van der Waals surface area contributed by atoms with Gasteiger partial charge in [-0.15, -0.1) is 0 Å². The molecule has 3 aromatic rings. The van der Waals surface area contributed by atoms with Gasteiger partial charge in [0.2, 0.25) is 0 Å². The van der Waals surface area contributed by atoms with Crippen molar-refractivity contribution in [1.29, 1.82) is 0 Å². The number of halogens is 2. The highest BCUT2D eigenvalue weighted by Gasteiger charge is 2.20. The summed E-state index contributed by atoms with van der Waals surface area (Å²) < 4.78 is 0. The van der Waals surface area contributed by atoms with Gasteiger partial charge in [-0.05, 0) is 86.3 Å². The first kappa shape index (κ1) is 30.2. The normalized spacial score (nSPS) is 16.6. The lowest BCUT2D eigenvalue weighted by atomic mass is 10.1. The Bertz CT molecular complexity index is 1260. The molecule has 0 heterocycles. The average Bonchev–Trinajstić information content (AvgIpc) is 3.39. The molecule has 2 saturated carbocycles. The lowest BCUT2D eigenvalue weighted by molar-refractivity contribution is 0.0925. The van der Waals surface area contributed by atoms with E-state index in [1.165, 1.54) is 25.7 Å². The number of anilines is 4. The highest BCUT2D eigenvalue weighted by atomic mass is 35.5. The third kappa shape index (κ3) is 8.42. The van der Waals surface area contributed by atoms with Crippen LogP contribution < -0.4 is 21.3 Å². The van der Waals surface area contributed by atoms with E-state index in [4.69, 9.17) is 23.2 Å². The van der Waals surface area contributed by atoms with Crippen molar-refractivity contribution in [3.8, 4) is 0 Å². The fourth-order valence-corrected chi connectivity index (χ4v) is 6.30. The Balaban J connectivity index is 1.27. The molecule has 222 valence electrons. The zero-order valence-corrected chi connectivity index (χ0v) is 25.5. The second-order valence-corrected chi connectivity index (χ2v) is 12.4. The van der Waals surface area contributed by atoms with Gasteiger partial charge < -0.3 is 21.3 Å². The summed E-state index contributed by atoms with van der Waals surface area (Å²) in [5.41, 5.74) is 4.05. The Morgan fingerprint density at radius 1 is 0.524 bits per heavy atom. The van der Waals surface area contributed by atoms with Crippen LogP contribution in [0.1, 0.15) is 97.8 Å². The molecule has 8 heteroatoms. The molecule has 3 aromatic carbocycles. The number of hydrogen-bond donors (Lipinski definition) is 4. The molecule has 0 atom stereocenters. The van der Waals surface area contributed by atoms with Gasteiger partial charge in [-0.25, -0.2) is 0 Å². The summed E-state index contributed by atoms with van der Waals surface area (Å²) in [4.78, 5) is 26.4.